The van der Waals surface area contributed by atoms with Crippen LogP contribution in [0.2, 0.25) is 0 Å². The molecular weight excluding hydrogens is 457 g/mol. The predicted octanol–water partition coefficient (Wildman–Crippen LogP) is 4.38. The Labute approximate surface area is 189 Å². The predicted molar refractivity (Wildman–Crippen MR) is 122 cm³/mol. The van der Waals surface area contributed by atoms with Crippen molar-refractivity contribution in [3.63, 3.8) is 0 Å². The van der Waals surface area contributed by atoms with Crippen molar-refractivity contribution in [2.24, 2.45) is 0 Å². The van der Waals surface area contributed by atoms with Gasteiger partial charge >= 0.3 is 0 Å². The Morgan fingerprint density at radius 1 is 1.16 bits per heavy atom. The molecule has 0 saturated carbocycles. The van der Waals surface area contributed by atoms with Crippen LogP contribution in [0.1, 0.15) is 5.56 Å². The van der Waals surface area contributed by atoms with Gasteiger partial charge in [0, 0.05) is 13.1 Å². The number of hydrogen-bond acceptors (Lipinski definition) is 7. The van der Waals surface area contributed by atoms with E-state index in [0.717, 1.165) is 31.2 Å². The summed E-state index contributed by atoms with van der Waals surface area (Å²) in [5.74, 6) is -0.788. The number of hydrogen-bond donors (Lipinski definition) is 1. The van der Waals surface area contributed by atoms with E-state index >= 15 is 0 Å². The van der Waals surface area contributed by atoms with Crippen molar-refractivity contribution >= 4 is 68.2 Å². The van der Waals surface area contributed by atoms with Crippen LogP contribution in [0.3, 0.4) is 0 Å². The fraction of sp³-hybridized carbons (Fsp3) is 0.143. The van der Waals surface area contributed by atoms with E-state index in [2.05, 4.69) is 10.3 Å². The van der Waals surface area contributed by atoms with Crippen molar-refractivity contribution in [2.75, 3.05) is 18.8 Å². The SMILES string of the molecule is O=C(CSc1nc2ccccc2s1)NCCN1C(=O)SC(=Cc2ccc(F)cc2)C1=O. The van der Waals surface area contributed by atoms with Gasteiger partial charge in [-0.3, -0.25) is 19.3 Å². The molecule has 6 nitrogen and oxygen atoms in total. The second-order valence-electron chi connectivity index (χ2n) is 6.47. The molecule has 1 aliphatic heterocycles. The van der Waals surface area contributed by atoms with E-state index in [9.17, 15) is 18.8 Å². The second-order valence-corrected chi connectivity index (χ2v) is 9.72. The molecule has 1 aliphatic rings. The largest absolute Gasteiger partial charge is 0.354 e. The van der Waals surface area contributed by atoms with Gasteiger partial charge in [-0.15, -0.1) is 11.3 Å². The smallest absolute Gasteiger partial charge is 0.293 e. The first-order valence-electron chi connectivity index (χ1n) is 9.25. The second kappa shape index (κ2) is 9.63. The van der Waals surface area contributed by atoms with E-state index in [4.69, 9.17) is 0 Å². The zero-order valence-electron chi connectivity index (χ0n) is 16.0. The maximum Gasteiger partial charge on any atom is 0.293 e. The molecule has 0 atom stereocenters. The summed E-state index contributed by atoms with van der Waals surface area (Å²) >= 11 is 3.71. The number of rotatable bonds is 7. The summed E-state index contributed by atoms with van der Waals surface area (Å²) in [6.07, 6.45) is 1.55. The quantitative estimate of drug-likeness (QED) is 0.405. The molecule has 10 heteroatoms. The molecule has 1 fully saturated rings. The molecule has 0 bridgehead atoms. The number of halogens is 1. The number of carbonyl (C=O) groups excluding carboxylic acids is 3. The van der Waals surface area contributed by atoms with Crippen LogP contribution < -0.4 is 5.32 Å². The Hall–Kier alpha value is -2.69. The van der Waals surface area contributed by atoms with Crippen molar-refractivity contribution in [1.82, 2.24) is 15.2 Å². The molecule has 3 amide bonds. The Kier molecular flexibility index (Phi) is 6.69. The van der Waals surface area contributed by atoms with E-state index in [-0.39, 0.29) is 35.5 Å². The highest BCUT2D eigenvalue weighted by Gasteiger charge is 2.34. The Bertz CT molecular complexity index is 1140. The lowest BCUT2D eigenvalue weighted by Gasteiger charge is -2.12. The van der Waals surface area contributed by atoms with Gasteiger partial charge in [0.15, 0.2) is 4.34 Å². The third kappa shape index (κ3) is 5.33. The molecule has 3 aromatic rings. The highest BCUT2D eigenvalue weighted by Crippen LogP contribution is 2.32. The molecule has 1 aromatic heterocycles. The lowest BCUT2D eigenvalue weighted by molar-refractivity contribution is -0.123. The van der Waals surface area contributed by atoms with Crippen LogP contribution in [0.15, 0.2) is 57.8 Å². The summed E-state index contributed by atoms with van der Waals surface area (Å²) in [4.78, 5) is 42.6. The van der Waals surface area contributed by atoms with Crippen molar-refractivity contribution in [3.8, 4) is 0 Å². The van der Waals surface area contributed by atoms with Crippen LogP contribution in [-0.4, -0.2) is 45.8 Å². The molecule has 0 aliphatic carbocycles. The standard InChI is InChI=1S/C21H16FN3O3S3/c22-14-7-5-13(6-8-14)11-17-19(27)25(21(28)31-17)10-9-23-18(26)12-29-20-24-15-3-1-2-4-16(15)30-20/h1-8,11H,9-10,12H2,(H,23,26). The summed E-state index contributed by atoms with van der Waals surface area (Å²) in [6.45, 7) is 0.254. The van der Waals surface area contributed by atoms with Crippen LogP contribution in [0, 0.1) is 5.82 Å². The first kappa shape index (κ1) is 21.5. The highest BCUT2D eigenvalue weighted by atomic mass is 32.2. The molecule has 0 unspecified atom stereocenters. The zero-order chi connectivity index (χ0) is 21.8. The number of carbonyl (C=O) groups is 3. The van der Waals surface area contributed by atoms with Gasteiger partial charge in [-0.2, -0.15) is 0 Å². The van der Waals surface area contributed by atoms with Crippen molar-refractivity contribution in [2.45, 2.75) is 4.34 Å². The third-order valence-electron chi connectivity index (χ3n) is 4.30. The van der Waals surface area contributed by atoms with Gasteiger partial charge in [0.05, 0.1) is 20.9 Å². The third-order valence-corrected chi connectivity index (χ3v) is 7.39. The minimum Gasteiger partial charge on any atom is -0.354 e. The van der Waals surface area contributed by atoms with E-state index < -0.39 is 11.1 Å². The number of fused-ring (bicyclic) bond motifs is 1. The molecule has 4 rings (SSSR count). The summed E-state index contributed by atoms with van der Waals surface area (Å²) in [5.41, 5.74) is 1.54. The summed E-state index contributed by atoms with van der Waals surface area (Å²) in [7, 11) is 0. The molecule has 2 heterocycles. The summed E-state index contributed by atoms with van der Waals surface area (Å²) in [6, 6.07) is 13.4. The summed E-state index contributed by atoms with van der Waals surface area (Å²) < 4.78 is 14.9. The van der Waals surface area contributed by atoms with Crippen LogP contribution in [0.5, 0.6) is 0 Å². The minimum atomic E-state index is -0.419. The molecule has 1 saturated heterocycles. The molecule has 1 N–H and O–H groups in total. The van der Waals surface area contributed by atoms with Gasteiger partial charge in [-0.1, -0.05) is 36.0 Å². The normalized spacial score (nSPS) is 15.3. The number of nitrogens with zero attached hydrogens (tertiary/aromatic N) is 2. The van der Waals surface area contributed by atoms with Gasteiger partial charge < -0.3 is 5.32 Å². The van der Waals surface area contributed by atoms with Crippen molar-refractivity contribution < 1.29 is 18.8 Å². The van der Waals surface area contributed by atoms with Gasteiger partial charge in [0.2, 0.25) is 5.91 Å². The number of thioether (sulfide) groups is 2. The maximum atomic E-state index is 13.0. The Balaban J connectivity index is 1.25. The number of amides is 3. The first-order valence-corrected chi connectivity index (χ1v) is 11.9. The Morgan fingerprint density at radius 2 is 1.94 bits per heavy atom. The summed E-state index contributed by atoms with van der Waals surface area (Å²) in [5, 5.41) is 2.33. The van der Waals surface area contributed by atoms with E-state index in [1.165, 1.54) is 47.4 Å². The molecule has 31 heavy (non-hydrogen) atoms. The van der Waals surface area contributed by atoms with Crippen LogP contribution in [0.25, 0.3) is 16.3 Å². The lowest BCUT2D eigenvalue weighted by Crippen LogP contribution is -2.37. The number of thiazole rings is 1. The number of imide groups is 1. The number of aromatic nitrogens is 1. The van der Waals surface area contributed by atoms with Gasteiger partial charge in [0.1, 0.15) is 5.82 Å². The lowest BCUT2D eigenvalue weighted by atomic mass is 10.2. The maximum absolute atomic E-state index is 13.0. The van der Waals surface area contributed by atoms with Gasteiger partial charge in [-0.25, -0.2) is 9.37 Å². The Morgan fingerprint density at radius 3 is 2.71 bits per heavy atom. The van der Waals surface area contributed by atoms with Gasteiger partial charge in [-0.05, 0) is 47.7 Å². The van der Waals surface area contributed by atoms with Crippen LogP contribution in [0.4, 0.5) is 9.18 Å². The first-order chi connectivity index (χ1) is 15.0. The van der Waals surface area contributed by atoms with Crippen molar-refractivity contribution in [1.29, 1.82) is 0 Å². The van der Waals surface area contributed by atoms with E-state index in [1.54, 1.807) is 6.08 Å². The fourth-order valence-corrected chi connectivity index (χ4v) is 5.56. The topological polar surface area (TPSA) is 79.4 Å². The minimum absolute atomic E-state index is 0.0863. The molecular formula is C21H16FN3O3S3. The number of benzene rings is 2. The molecule has 2 aromatic carbocycles. The number of nitrogens with one attached hydrogen (secondary N) is 1. The zero-order valence-corrected chi connectivity index (χ0v) is 18.5. The van der Waals surface area contributed by atoms with Crippen LogP contribution in [-0.2, 0) is 9.59 Å². The van der Waals surface area contributed by atoms with E-state index in [1.807, 2.05) is 24.3 Å². The van der Waals surface area contributed by atoms with E-state index in [0.29, 0.717) is 5.56 Å². The monoisotopic (exact) mass is 473 g/mol. The van der Waals surface area contributed by atoms with Crippen molar-refractivity contribution in [3.05, 3.63) is 64.8 Å². The average molecular weight is 474 g/mol. The number of para-hydroxylation sites is 1. The van der Waals surface area contributed by atoms with Gasteiger partial charge in [0.25, 0.3) is 11.1 Å². The average Bonchev–Trinajstić information content (AvgIpc) is 3.29. The molecule has 158 valence electrons. The fourth-order valence-electron chi connectivity index (χ4n) is 2.80. The highest BCUT2D eigenvalue weighted by molar-refractivity contribution is 8.18. The molecule has 0 radical (unpaired) electrons. The van der Waals surface area contributed by atoms with Crippen LogP contribution >= 0.6 is 34.9 Å². The molecule has 0 spiro atoms.